The van der Waals surface area contributed by atoms with Gasteiger partial charge in [0, 0.05) is 21.1 Å². The Kier molecular flexibility index (Phi) is 108. The Morgan fingerprint density at radius 1 is 1.33 bits per heavy atom. The van der Waals surface area contributed by atoms with Crippen molar-refractivity contribution < 1.29 is 25.2 Å². The van der Waals surface area contributed by atoms with Crippen molar-refractivity contribution in [1.82, 2.24) is 0 Å². The Balaban J connectivity index is -0.0000000275. The van der Waals surface area contributed by atoms with Gasteiger partial charge in [0.25, 0.3) is 0 Å². The van der Waals surface area contributed by atoms with Gasteiger partial charge >= 0.3 is 0 Å². The number of hydrogen-bond acceptors (Lipinski definition) is 1. The van der Waals surface area contributed by atoms with Crippen LogP contribution in [-0.4, -0.2) is 21.0 Å². The zero-order valence-electron chi connectivity index (χ0n) is 4.01. The molecule has 4 heteroatoms. The molecule has 0 atom stereocenters. The molecule has 0 aromatic carbocycles. The quantitative estimate of drug-likeness (QED) is 0.378. The minimum atomic E-state index is 0. The van der Waals surface area contributed by atoms with Crippen LogP contribution in [0.15, 0.2) is 6.58 Å². The molecule has 0 aromatic rings. The summed E-state index contributed by atoms with van der Waals surface area (Å²) in [5.41, 5.74) is 0. The summed E-state index contributed by atoms with van der Waals surface area (Å²) >= 11 is 0. The van der Waals surface area contributed by atoms with Crippen molar-refractivity contribution in [2.24, 2.45) is 0 Å². The zero-order valence-corrected chi connectivity index (χ0v) is 10.3. The number of rotatable bonds is 0. The summed E-state index contributed by atoms with van der Waals surface area (Å²) < 4.78 is 4.53. The Morgan fingerprint density at radius 3 is 1.33 bits per heavy atom. The molecule has 0 unspecified atom stereocenters. The van der Waals surface area contributed by atoms with Crippen molar-refractivity contribution >= 4 is 21.0 Å². The van der Waals surface area contributed by atoms with Crippen molar-refractivity contribution in [3.05, 3.63) is 13.2 Å². The van der Waals surface area contributed by atoms with Gasteiger partial charge in [-0.1, -0.05) is 0 Å². The van der Waals surface area contributed by atoms with E-state index in [0.29, 0.717) is 0 Å². The Hall–Kier alpha value is 0.822. The van der Waals surface area contributed by atoms with Crippen molar-refractivity contribution in [2.75, 3.05) is 0 Å². The maximum atomic E-state index is 4.53. The van der Waals surface area contributed by atoms with E-state index in [1.807, 2.05) is 0 Å². The van der Waals surface area contributed by atoms with Crippen molar-refractivity contribution in [3.8, 4) is 0 Å². The number of hydrogen-bond donors (Lipinski definition) is 0. The van der Waals surface area contributed by atoms with E-state index in [2.05, 4.69) is 17.3 Å². The maximum absolute atomic E-state index is 4.53. The Labute approximate surface area is 59.5 Å². The third-order valence-electron chi connectivity index (χ3n) is 0. The predicted molar refractivity (Wildman–Crippen MR) is 30.9 cm³/mol. The van der Waals surface area contributed by atoms with Gasteiger partial charge in [-0.25, -0.2) is 0 Å². The van der Waals surface area contributed by atoms with Crippen LogP contribution in [0.2, 0.25) is 0 Å². The molecule has 0 rings (SSSR count). The van der Waals surface area contributed by atoms with E-state index in [9.17, 15) is 0 Å². The molecular weight excluding hydrogens is 291 g/mol. The van der Waals surface area contributed by atoms with E-state index in [1.54, 1.807) is 0 Å². The van der Waals surface area contributed by atoms with Crippen LogP contribution >= 0.6 is 0 Å². The first kappa shape index (κ1) is 15.8. The molecule has 0 aliphatic heterocycles. The van der Waals surface area contributed by atoms with Crippen molar-refractivity contribution in [2.45, 2.75) is 0 Å². The molecule has 6 heavy (non-hydrogen) atoms. The van der Waals surface area contributed by atoms with E-state index >= 15 is 0 Å². The smallest absolute Gasteiger partial charge is 0.129 e. The van der Waals surface area contributed by atoms with Crippen LogP contribution in [0.3, 0.4) is 0 Å². The molecule has 0 radical (unpaired) electrons. The van der Waals surface area contributed by atoms with Gasteiger partial charge < -0.3 is 10.7 Å². The molecule has 0 aliphatic carbocycles. The van der Waals surface area contributed by atoms with Gasteiger partial charge in [0.15, 0.2) is 0 Å². The van der Waals surface area contributed by atoms with Gasteiger partial charge in [-0.05, 0) is 0 Å². The molecule has 1 nitrogen and oxygen atoms in total. The first-order chi connectivity index (χ1) is 2.41. The summed E-state index contributed by atoms with van der Waals surface area (Å²) in [4.78, 5) is 0. The first-order valence-corrected chi connectivity index (χ1v) is 2.86. The molecule has 0 amide bonds. The van der Waals surface area contributed by atoms with Crippen LogP contribution in [0, 0.1) is 6.58 Å². The summed E-state index contributed by atoms with van der Waals surface area (Å²) in [6, 6.07) is 0. The second kappa shape index (κ2) is 40.8. The third kappa shape index (κ3) is 104. The molecule has 0 saturated carbocycles. The molecule has 0 aliphatic rings. The SMILES string of the molecule is [CH-]=C.[Pt].[SiH3]O[SiH3]. The normalized spacial score (nSPS) is 4.67. The molecule has 0 spiro atoms. The summed E-state index contributed by atoms with van der Waals surface area (Å²) in [6.07, 6.45) is 0. The van der Waals surface area contributed by atoms with Gasteiger partial charge in [-0.3, -0.25) is 6.58 Å². The van der Waals surface area contributed by atoms with Crippen LogP contribution in [0.4, 0.5) is 0 Å². The first-order valence-electron chi connectivity index (χ1n) is 1.22. The zero-order chi connectivity index (χ0) is 4.71. The van der Waals surface area contributed by atoms with Gasteiger partial charge in [-0.2, -0.15) is 0 Å². The van der Waals surface area contributed by atoms with Gasteiger partial charge in [0.1, 0.15) is 21.0 Å². The second-order valence-electron chi connectivity index (χ2n) is 0.408. The summed E-state index contributed by atoms with van der Waals surface area (Å²) in [6.45, 7) is 7.00. The average Bonchev–Trinajstić information content (AvgIpc) is 1.46. The standard InChI is InChI=1S/C2H3.H6OSi2.Pt/c1-2;2-1-3;/h1H,2H2;2-3H3;/q-1;;. The van der Waals surface area contributed by atoms with Crippen LogP contribution in [0.5, 0.6) is 0 Å². The summed E-state index contributed by atoms with van der Waals surface area (Å²) in [5.74, 6) is 0. The summed E-state index contributed by atoms with van der Waals surface area (Å²) in [7, 11) is 1.86. The fourth-order valence-electron chi connectivity index (χ4n) is 0. The largest absolute Gasteiger partial charge is 0.521 e. The van der Waals surface area contributed by atoms with E-state index in [-0.39, 0.29) is 21.1 Å². The molecule has 42 valence electrons. The van der Waals surface area contributed by atoms with E-state index in [0.717, 1.165) is 21.0 Å². The molecule has 0 fully saturated rings. The summed E-state index contributed by atoms with van der Waals surface area (Å²) in [5, 5.41) is 0. The van der Waals surface area contributed by atoms with Gasteiger partial charge in [-0.15, -0.1) is 0 Å². The second-order valence-corrected chi connectivity index (χ2v) is 3.67. The fraction of sp³-hybridized carbons (Fsp3) is 0. The Bertz CT molecular complexity index is 15.5. The van der Waals surface area contributed by atoms with Crippen LogP contribution < -0.4 is 0 Å². The van der Waals surface area contributed by atoms with Gasteiger partial charge in [0.05, 0.1) is 0 Å². The Morgan fingerprint density at radius 2 is 1.33 bits per heavy atom. The fourth-order valence-corrected chi connectivity index (χ4v) is 0. The molecule has 0 N–H and O–H groups in total. The monoisotopic (exact) mass is 300 g/mol. The third-order valence-corrected chi connectivity index (χ3v) is 0. The van der Waals surface area contributed by atoms with Crippen LogP contribution in [0.25, 0.3) is 0 Å². The molecule has 0 saturated heterocycles. The van der Waals surface area contributed by atoms with Gasteiger partial charge in [0.2, 0.25) is 0 Å². The van der Waals surface area contributed by atoms with Crippen LogP contribution in [0.1, 0.15) is 0 Å². The molecule has 0 aromatic heterocycles. The maximum Gasteiger partial charge on any atom is 0.129 e. The van der Waals surface area contributed by atoms with E-state index < -0.39 is 0 Å². The van der Waals surface area contributed by atoms with Crippen molar-refractivity contribution in [3.63, 3.8) is 0 Å². The molecule has 0 bridgehead atoms. The molecular formula is C2H9OPtSi2-. The minimum Gasteiger partial charge on any atom is -0.521 e. The van der Waals surface area contributed by atoms with E-state index in [1.165, 1.54) is 0 Å². The van der Waals surface area contributed by atoms with Crippen LogP contribution in [-0.2, 0) is 25.2 Å². The van der Waals surface area contributed by atoms with E-state index in [4.69, 9.17) is 0 Å². The predicted octanol–water partition coefficient (Wildman–Crippen LogP) is -1.83. The van der Waals surface area contributed by atoms with Crippen molar-refractivity contribution in [1.29, 1.82) is 0 Å². The topological polar surface area (TPSA) is 9.23 Å². The minimum absolute atomic E-state index is 0. The molecule has 0 heterocycles. The average molecular weight is 300 g/mol.